The van der Waals surface area contributed by atoms with Gasteiger partial charge in [-0.15, -0.1) is 0 Å². The minimum Gasteiger partial charge on any atom is -0.364 e. The molecule has 0 unspecified atom stereocenters. The van der Waals surface area contributed by atoms with Crippen LogP contribution in [0.2, 0.25) is 0 Å². The van der Waals surface area contributed by atoms with Crippen LogP contribution in [0.3, 0.4) is 0 Å². The Labute approximate surface area is 174 Å². The molecule has 30 heavy (non-hydrogen) atoms. The van der Waals surface area contributed by atoms with Gasteiger partial charge in [0.15, 0.2) is 0 Å². The Morgan fingerprint density at radius 3 is 2.67 bits per heavy atom. The molecule has 5 nitrogen and oxygen atoms in total. The van der Waals surface area contributed by atoms with Crippen molar-refractivity contribution in [1.82, 2.24) is 4.90 Å². The first kappa shape index (κ1) is 18.3. The van der Waals surface area contributed by atoms with Gasteiger partial charge >= 0.3 is 0 Å². The third-order valence-corrected chi connectivity index (χ3v) is 5.61. The Morgan fingerprint density at radius 2 is 1.80 bits per heavy atom. The van der Waals surface area contributed by atoms with Gasteiger partial charge in [-0.3, -0.25) is 9.59 Å². The first-order chi connectivity index (χ1) is 14.6. The number of nitrogens with two attached hydrogens (primary N) is 1. The van der Waals surface area contributed by atoms with Gasteiger partial charge in [-0.05, 0) is 28.0 Å². The molecule has 1 radical (unpaired) electrons. The van der Waals surface area contributed by atoms with Gasteiger partial charge < -0.3 is 10.6 Å². The lowest BCUT2D eigenvalue weighted by Crippen LogP contribution is -2.40. The lowest BCUT2D eigenvalue weighted by molar-refractivity contribution is -0.126. The van der Waals surface area contributed by atoms with Crippen LogP contribution in [-0.2, 0) is 9.59 Å². The van der Waals surface area contributed by atoms with Crippen LogP contribution in [0.15, 0.2) is 94.7 Å². The number of carbonyl (C=O) groups excluding carboxylic acids is 2. The first-order valence-electron chi connectivity index (χ1n) is 9.93. The van der Waals surface area contributed by atoms with Crippen LogP contribution in [0.1, 0.15) is 12.0 Å². The number of nitrogens with zero attached hydrogens (tertiary/aromatic N) is 2. The van der Waals surface area contributed by atoms with E-state index in [-0.39, 0.29) is 11.6 Å². The van der Waals surface area contributed by atoms with Crippen LogP contribution in [-0.4, -0.2) is 35.5 Å². The predicted molar refractivity (Wildman–Crippen MR) is 118 cm³/mol. The number of carbonyl (C=O) groups is 2. The van der Waals surface area contributed by atoms with Gasteiger partial charge in [0.25, 0.3) is 11.8 Å². The quantitative estimate of drug-likeness (QED) is 0.868. The number of benzene rings is 2. The minimum atomic E-state index is -0.552. The largest absolute Gasteiger partial charge is 0.364 e. The van der Waals surface area contributed by atoms with E-state index in [1.54, 1.807) is 12.2 Å². The Hall–Kier alpha value is -3.73. The number of allylic oxidation sites excluding steroid dienone is 5. The van der Waals surface area contributed by atoms with Crippen molar-refractivity contribution in [2.24, 2.45) is 10.7 Å². The second kappa shape index (κ2) is 7.26. The molecule has 1 saturated heterocycles. The number of likely N-dealkylation sites (tertiary alicyclic amines) is 1. The van der Waals surface area contributed by atoms with Crippen LogP contribution in [0.4, 0.5) is 0 Å². The summed E-state index contributed by atoms with van der Waals surface area (Å²) in [5.74, 6) is 0.501. The van der Waals surface area contributed by atoms with Crippen LogP contribution < -0.4 is 5.73 Å². The highest BCUT2D eigenvalue weighted by molar-refractivity contribution is 6.10. The van der Waals surface area contributed by atoms with Crippen molar-refractivity contribution in [1.29, 1.82) is 0 Å². The van der Waals surface area contributed by atoms with E-state index in [9.17, 15) is 9.59 Å². The summed E-state index contributed by atoms with van der Waals surface area (Å²) in [6.45, 7) is 1.03. The normalized spacial score (nSPS) is 24.7. The molecule has 2 aromatic carbocycles. The van der Waals surface area contributed by atoms with Crippen molar-refractivity contribution in [3.63, 3.8) is 0 Å². The summed E-state index contributed by atoms with van der Waals surface area (Å²) in [5, 5.41) is 2.32. The number of primary amides is 1. The van der Waals surface area contributed by atoms with Crippen LogP contribution >= 0.6 is 0 Å². The van der Waals surface area contributed by atoms with Crippen molar-refractivity contribution in [2.45, 2.75) is 6.42 Å². The van der Waals surface area contributed by atoms with E-state index in [4.69, 9.17) is 5.73 Å². The molecule has 147 valence electrons. The van der Waals surface area contributed by atoms with Gasteiger partial charge in [0.2, 0.25) is 0 Å². The molecule has 1 fully saturated rings. The topological polar surface area (TPSA) is 75.8 Å². The molecule has 2 amide bonds. The maximum Gasteiger partial charge on any atom is 0.267 e. The number of hydrogen-bond donors (Lipinski definition) is 1. The van der Waals surface area contributed by atoms with Crippen molar-refractivity contribution >= 4 is 28.3 Å². The van der Waals surface area contributed by atoms with Gasteiger partial charge in [0, 0.05) is 30.8 Å². The van der Waals surface area contributed by atoms with E-state index in [1.165, 1.54) is 0 Å². The third kappa shape index (κ3) is 3.28. The molecule has 5 heteroatoms. The van der Waals surface area contributed by atoms with Crippen LogP contribution in [0.5, 0.6) is 0 Å². The second-order valence-electron chi connectivity index (χ2n) is 7.53. The number of fused-ring (bicyclic) bond motifs is 2. The lowest BCUT2D eigenvalue weighted by Gasteiger charge is -2.30. The molecule has 5 rings (SSSR count). The number of aliphatic imine (C=N–C) groups is 1. The zero-order valence-electron chi connectivity index (χ0n) is 16.3. The zero-order valence-corrected chi connectivity index (χ0v) is 16.3. The molecule has 2 heterocycles. The Kier molecular flexibility index (Phi) is 4.43. The van der Waals surface area contributed by atoms with Crippen molar-refractivity contribution < 1.29 is 9.59 Å². The summed E-state index contributed by atoms with van der Waals surface area (Å²) in [4.78, 5) is 31.0. The molecule has 3 aliphatic rings. The van der Waals surface area contributed by atoms with Crippen LogP contribution in [0.25, 0.3) is 10.8 Å². The standard InChI is InChI=1S/C25H20N3O2/c26-24(29)23-11-4-2-7-17-15-28(13-12-22(17)27-23)25(30)21-14-20(21)19-10-5-8-16-6-1-3-9-18(16)19/h1-11,14H,12-13,15H2,(H2,26,29)/b4-2+,7-2?,11-4?,17-7+,23-11-,27-22-,27-23?. The van der Waals surface area contributed by atoms with E-state index in [0.717, 1.165) is 39.1 Å². The van der Waals surface area contributed by atoms with Gasteiger partial charge in [-0.2, -0.15) is 0 Å². The summed E-state index contributed by atoms with van der Waals surface area (Å²) < 4.78 is 0. The highest BCUT2D eigenvalue weighted by atomic mass is 16.2. The second-order valence-corrected chi connectivity index (χ2v) is 7.53. The van der Waals surface area contributed by atoms with Crippen molar-refractivity contribution in [3.8, 4) is 0 Å². The summed E-state index contributed by atoms with van der Waals surface area (Å²) in [5.41, 5.74) is 9.26. The molecule has 0 aromatic heterocycles. The zero-order chi connectivity index (χ0) is 20.7. The monoisotopic (exact) mass is 394 g/mol. The SMILES string of the molecule is NC(=O)C1=C/C=C/C=C2\CN(C(=O)C3=C[C]3c3cccc4ccccc34)CC\C2=N\1. The average molecular weight is 394 g/mol. The first-order valence-corrected chi connectivity index (χ1v) is 9.93. The fraction of sp³-hybridized carbons (Fsp3) is 0.120. The number of amides is 2. The Morgan fingerprint density at radius 1 is 1.00 bits per heavy atom. The van der Waals surface area contributed by atoms with Gasteiger partial charge in [-0.25, -0.2) is 4.99 Å². The molecule has 0 spiro atoms. The average Bonchev–Trinajstić information content (AvgIpc) is 3.53. The lowest BCUT2D eigenvalue weighted by atomic mass is 9.97. The number of rotatable bonds is 3. The minimum absolute atomic E-state index is 0.0367. The summed E-state index contributed by atoms with van der Waals surface area (Å²) in [6, 6.07) is 14.4. The molecule has 2 aliphatic heterocycles. The molecule has 2 aromatic rings. The fourth-order valence-electron chi connectivity index (χ4n) is 4.00. The summed E-state index contributed by atoms with van der Waals surface area (Å²) >= 11 is 0. The molecule has 1 aliphatic carbocycles. The molecule has 0 saturated carbocycles. The fourth-order valence-corrected chi connectivity index (χ4v) is 4.00. The molecular formula is C25H20N3O2. The van der Waals surface area contributed by atoms with Gasteiger partial charge in [-0.1, -0.05) is 66.8 Å². The van der Waals surface area contributed by atoms with E-state index in [0.29, 0.717) is 19.5 Å². The van der Waals surface area contributed by atoms with Crippen LogP contribution in [0, 0.1) is 5.92 Å². The molecular weight excluding hydrogens is 374 g/mol. The maximum atomic E-state index is 13.1. The highest BCUT2D eigenvalue weighted by Crippen LogP contribution is 2.42. The molecule has 2 N–H and O–H groups in total. The molecule has 0 bridgehead atoms. The maximum absolute atomic E-state index is 13.1. The van der Waals surface area contributed by atoms with Gasteiger partial charge in [0.1, 0.15) is 5.70 Å². The summed E-state index contributed by atoms with van der Waals surface area (Å²) in [7, 11) is 0. The predicted octanol–water partition coefficient (Wildman–Crippen LogP) is 3.24. The molecule has 0 atom stereocenters. The smallest absolute Gasteiger partial charge is 0.267 e. The van der Waals surface area contributed by atoms with E-state index >= 15 is 0 Å². The van der Waals surface area contributed by atoms with Gasteiger partial charge in [0.05, 0.1) is 5.92 Å². The summed E-state index contributed by atoms with van der Waals surface area (Å²) in [6.07, 6.45) is 9.71. The van der Waals surface area contributed by atoms with E-state index < -0.39 is 5.91 Å². The van der Waals surface area contributed by atoms with Crippen molar-refractivity contribution in [2.75, 3.05) is 13.1 Å². The Bertz CT molecular complexity index is 1220. The highest BCUT2D eigenvalue weighted by Gasteiger charge is 2.38. The van der Waals surface area contributed by atoms with E-state index in [2.05, 4.69) is 29.3 Å². The third-order valence-electron chi connectivity index (χ3n) is 5.61. The van der Waals surface area contributed by atoms with Crippen molar-refractivity contribution in [3.05, 3.63) is 101 Å². The van der Waals surface area contributed by atoms with E-state index in [1.807, 2.05) is 41.3 Å². The number of piperidine rings is 1. The Balaban J connectivity index is 1.34. The number of hydrogen-bond acceptors (Lipinski definition) is 3.